The summed E-state index contributed by atoms with van der Waals surface area (Å²) in [6, 6.07) is 68.2. The minimum absolute atomic E-state index is 0.107. The molecule has 0 saturated carbocycles. The third-order valence-corrected chi connectivity index (χ3v) is 13.7. The van der Waals surface area contributed by atoms with E-state index in [-0.39, 0.29) is 5.41 Å². The first-order chi connectivity index (χ1) is 27.5. The predicted molar refractivity (Wildman–Crippen MR) is 243 cm³/mol. The maximum atomic E-state index is 2.46. The number of fused-ring (bicyclic) bond motifs is 11. The predicted octanol–water partition coefficient (Wildman–Crippen LogP) is 16.0. The van der Waals surface area contributed by atoms with E-state index in [1.54, 1.807) is 0 Å². The summed E-state index contributed by atoms with van der Waals surface area (Å²) < 4.78 is 2.72. The van der Waals surface area contributed by atoms with Gasteiger partial charge in [-0.2, -0.15) is 0 Å². The number of benzene rings is 10. The Labute approximate surface area is 329 Å². The average molecular weight is 729 g/mol. The fourth-order valence-corrected chi connectivity index (χ4v) is 11.0. The Morgan fingerprint density at radius 1 is 0.339 bits per heavy atom. The largest absolute Gasteiger partial charge is 0.135 e. The maximum absolute atomic E-state index is 2.46. The third kappa shape index (κ3) is 4.53. The van der Waals surface area contributed by atoms with Crippen molar-refractivity contribution >= 4 is 74.6 Å². The lowest BCUT2D eigenvalue weighted by Gasteiger charge is -2.22. The van der Waals surface area contributed by atoms with Crippen LogP contribution in [0.25, 0.3) is 108 Å². The first-order valence-electron chi connectivity index (χ1n) is 19.6. The highest BCUT2D eigenvalue weighted by Gasteiger charge is 2.37. The van der Waals surface area contributed by atoms with Crippen molar-refractivity contribution < 1.29 is 0 Å². The van der Waals surface area contributed by atoms with Crippen molar-refractivity contribution in [1.82, 2.24) is 0 Å². The molecule has 0 nitrogen and oxygen atoms in total. The topological polar surface area (TPSA) is 0 Å². The molecule has 0 amide bonds. The van der Waals surface area contributed by atoms with Gasteiger partial charge in [-0.25, -0.2) is 0 Å². The van der Waals surface area contributed by atoms with Gasteiger partial charge in [0.15, 0.2) is 0 Å². The molecule has 1 aromatic heterocycles. The number of hydrogen-bond acceptors (Lipinski definition) is 1. The van der Waals surface area contributed by atoms with Gasteiger partial charge in [0.25, 0.3) is 0 Å². The Morgan fingerprint density at radius 2 is 0.875 bits per heavy atom. The smallest absolute Gasteiger partial charge is 0.0362 e. The highest BCUT2D eigenvalue weighted by Crippen LogP contribution is 2.55. The fourth-order valence-electron chi connectivity index (χ4n) is 9.88. The molecule has 10 aromatic carbocycles. The van der Waals surface area contributed by atoms with E-state index in [4.69, 9.17) is 0 Å². The summed E-state index contributed by atoms with van der Waals surface area (Å²) in [6.07, 6.45) is 0. The molecule has 56 heavy (non-hydrogen) atoms. The van der Waals surface area contributed by atoms with Gasteiger partial charge in [-0.3, -0.25) is 0 Å². The third-order valence-electron chi connectivity index (χ3n) is 12.6. The fraction of sp³-hybridized carbons (Fsp3) is 0.0545. The first-order valence-corrected chi connectivity index (χ1v) is 20.4. The van der Waals surface area contributed by atoms with Crippen LogP contribution in [-0.4, -0.2) is 0 Å². The Hall–Kier alpha value is -6.54. The van der Waals surface area contributed by atoms with Crippen molar-refractivity contribution in [2.24, 2.45) is 0 Å². The first kappa shape index (κ1) is 31.8. The van der Waals surface area contributed by atoms with Crippen LogP contribution in [0.4, 0.5) is 0 Å². The lowest BCUT2D eigenvalue weighted by atomic mass is 9.81. The molecule has 1 aliphatic carbocycles. The summed E-state index contributed by atoms with van der Waals surface area (Å²) in [5.74, 6) is 0. The van der Waals surface area contributed by atoms with E-state index in [9.17, 15) is 0 Å². The van der Waals surface area contributed by atoms with Crippen LogP contribution in [0.2, 0.25) is 0 Å². The Bertz CT molecular complexity index is 3370. The summed E-state index contributed by atoms with van der Waals surface area (Å²) in [5, 5.41) is 13.0. The van der Waals surface area contributed by atoms with Crippen LogP contribution in [0.3, 0.4) is 0 Å². The molecule has 0 atom stereocenters. The maximum Gasteiger partial charge on any atom is 0.0362 e. The Kier molecular flexibility index (Phi) is 6.66. The molecule has 1 aliphatic rings. The molecular formula is C55H36S. The molecule has 0 bridgehead atoms. The molecule has 0 aliphatic heterocycles. The monoisotopic (exact) mass is 728 g/mol. The van der Waals surface area contributed by atoms with Crippen LogP contribution < -0.4 is 0 Å². The van der Waals surface area contributed by atoms with E-state index in [0.717, 1.165) is 0 Å². The van der Waals surface area contributed by atoms with Gasteiger partial charge in [0.1, 0.15) is 0 Å². The molecular weight excluding hydrogens is 693 g/mol. The minimum Gasteiger partial charge on any atom is -0.135 e. The van der Waals surface area contributed by atoms with Crippen LogP contribution in [0.1, 0.15) is 25.0 Å². The quantitative estimate of drug-likeness (QED) is 0.159. The second-order valence-corrected chi connectivity index (χ2v) is 17.1. The van der Waals surface area contributed by atoms with Crippen LogP contribution in [0.15, 0.2) is 182 Å². The van der Waals surface area contributed by atoms with Gasteiger partial charge in [-0.15, -0.1) is 11.3 Å². The summed E-state index contributed by atoms with van der Waals surface area (Å²) in [4.78, 5) is 0. The van der Waals surface area contributed by atoms with Crippen molar-refractivity contribution in [2.45, 2.75) is 19.3 Å². The van der Waals surface area contributed by atoms with Crippen molar-refractivity contribution in [3.05, 3.63) is 193 Å². The lowest BCUT2D eigenvalue weighted by Crippen LogP contribution is -2.14. The number of thiophene rings is 1. The van der Waals surface area contributed by atoms with Crippen molar-refractivity contribution in [3.63, 3.8) is 0 Å². The van der Waals surface area contributed by atoms with Gasteiger partial charge >= 0.3 is 0 Å². The van der Waals surface area contributed by atoms with E-state index in [2.05, 4.69) is 196 Å². The molecule has 0 radical (unpaired) electrons. The lowest BCUT2D eigenvalue weighted by molar-refractivity contribution is 0.661. The van der Waals surface area contributed by atoms with Gasteiger partial charge in [-0.05, 0) is 129 Å². The zero-order valence-electron chi connectivity index (χ0n) is 31.2. The van der Waals surface area contributed by atoms with Gasteiger partial charge in [0, 0.05) is 25.6 Å². The summed E-state index contributed by atoms with van der Waals surface area (Å²) in [7, 11) is 0. The second kappa shape index (κ2) is 11.7. The van der Waals surface area contributed by atoms with Crippen molar-refractivity contribution in [1.29, 1.82) is 0 Å². The highest BCUT2D eigenvalue weighted by molar-refractivity contribution is 7.26. The summed E-state index contributed by atoms with van der Waals surface area (Å²) >= 11 is 1.92. The van der Waals surface area contributed by atoms with E-state index in [1.165, 1.54) is 119 Å². The van der Waals surface area contributed by atoms with Crippen LogP contribution in [0.5, 0.6) is 0 Å². The van der Waals surface area contributed by atoms with Crippen molar-refractivity contribution in [3.8, 4) is 44.5 Å². The average Bonchev–Trinajstić information content (AvgIpc) is 3.72. The molecule has 0 saturated heterocycles. The molecule has 262 valence electrons. The van der Waals surface area contributed by atoms with E-state index in [0.29, 0.717) is 0 Å². The van der Waals surface area contributed by atoms with Crippen molar-refractivity contribution in [2.75, 3.05) is 0 Å². The zero-order valence-corrected chi connectivity index (χ0v) is 32.0. The van der Waals surface area contributed by atoms with Gasteiger partial charge in [-0.1, -0.05) is 166 Å². The molecule has 0 unspecified atom stereocenters. The molecule has 0 N–H and O–H groups in total. The van der Waals surface area contributed by atoms with E-state index >= 15 is 0 Å². The van der Waals surface area contributed by atoms with Crippen LogP contribution in [0, 0.1) is 0 Å². The SMILES string of the molecule is CC1(C)c2cc(-c3ccc(-c4c5ccccc5c(-c5ccc6ccccc6c5)c5ccccc45)cc3)ccc2-c2c1ccc1sc3cc4ccccc4cc3c21. The molecule has 11 aromatic rings. The van der Waals surface area contributed by atoms with Crippen LogP contribution >= 0.6 is 11.3 Å². The zero-order chi connectivity index (χ0) is 37.1. The standard InChI is InChI=1S/C55H36S/c1-55(2)47-27-28-49-54(46-30-37-13-5-6-14-38(37)32-50(46)56-49)53(47)45-26-25-39(31-48(45)55)34-19-22-35(23-20-34)51-41-15-7-9-17-43(41)52(44-18-10-8-16-42(44)51)40-24-21-33-11-3-4-12-36(33)29-40/h3-32H,1-2H3. The molecule has 1 heteroatoms. The minimum atomic E-state index is -0.107. The normalized spacial score (nSPS) is 13.3. The van der Waals surface area contributed by atoms with Gasteiger partial charge < -0.3 is 0 Å². The number of hydrogen-bond donors (Lipinski definition) is 0. The Balaban J connectivity index is 0.983. The summed E-state index contributed by atoms with van der Waals surface area (Å²) in [5.41, 5.74) is 13.1. The van der Waals surface area contributed by atoms with Crippen LogP contribution in [-0.2, 0) is 5.41 Å². The molecule has 12 rings (SSSR count). The van der Waals surface area contributed by atoms with E-state index in [1.807, 2.05) is 11.3 Å². The van der Waals surface area contributed by atoms with Gasteiger partial charge in [0.05, 0.1) is 0 Å². The molecule has 1 heterocycles. The van der Waals surface area contributed by atoms with E-state index < -0.39 is 0 Å². The molecule has 0 spiro atoms. The highest BCUT2D eigenvalue weighted by atomic mass is 32.1. The number of rotatable bonds is 3. The molecule has 0 fully saturated rings. The second-order valence-electron chi connectivity index (χ2n) is 16.0. The summed E-state index contributed by atoms with van der Waals surface area (Å²) in [6.45, 7) is 4.80. The van der Waals surface area contributed by atoms with Gasteiger partial charge in [0.2, 0.25) is 0 Å². The Morgan fingerprint density at radius 3 is 1.55 bits per heavy atom.